The van der Waals surface area contributed by atoms with Crippen molar-refractivity contribution in [2.24, 2.45) is 10.9 Å². The van der Waals surface area contributed by atoms with E-state index in [9.17, 15) is 4.79 Å². The second kappa shape index (κ2) is 12.2. The molecule has 1 aliphatic rings. The number of hydrogen-bond acceptors (Lipinski definition) is 3. The zero-order chi connectivity index (χ0) is 18.1. The highest BCUT2D eigenvalue weighted by molar-refractivity contribution is 14.0. The van der Waals surface area contributed by atoms with Crippen molar-refractivity contribution < 1.29 is 9.53 Å². The zero-order valence-electron chi connectivity index (χ0n) is 15.3. The molecule has 0 bridgehead atoms. The van der Waals surface area contributed by atoms with Crippen LogP contribution in [0.4, 0.5) is 0 Å². The quantitative estimate of drug-likeness (QED) is 0.276. The Balaban J connectivity index is 0.00000338. The molecule has 26 heavy (non-hydrogen) atoms. The number of guanidine groups is 1. The summed E-state index contributed by atoms with van der Waals surface area (Å²) in [6.07, 6.45) is 2.62. The summed E-state index contributed by atoms with van der Waals surface area (Å²) >= 11 is 6.07. The number of ether oxygens (including phenoxy) is 1. The van der Waals surface area contributed by atoms with Gasteiger partial charge in [-0.15, -0.1) is 24.0 Å². The van der Waals surface area contributed by atoms with Crippen LogP contribution in [0.3, 0.4) is 0 Å². The van der Waals surface area contributed by atoms with Crippen LogP contribution >= 0.6 is 35.6 Å². The maximum Gasteiger partial charge on any atom is 0.220 e. The van der Waals surface area contributed by atoms with Crippen molar-refractivity contribution in [3.63, 3.8) is 0 Å². The monoisotopic (exact) mass is 494 g/mol. The third kappa shape index (κ3) is 7.19. The first-order valence-electron chi connectivity index (χ1n) is 8.67. The molecule has 0 spiro atoms. The van der Waals surface area contributed by atoms with E-state index in [1.54, 1.807) is 14.1 Å². The fraction of sp³-hybridized carbons (Fsp3) is 0.556. The number of carbonyl (C=O) groups is 1. The minimum atomic E-state index is 0. The highest BCUT2D eigenvalue weighted by atomic mass is 127. The third-order valence-electron chi connectivity index (χ3n) is 4.36. The molecule has 1 heterocycles. The number of nitrogens with one attached hydrogen (secondary N) is 2. The minimum Gasteiger partial charge on any atom is -0.490 e. The second-order valence-corrected chi connectivity index (χ2v) is 6.47. The number of para-hydroxylation sites is 1. The lowest BCUT2D eigenvalue weighted by Crippen LogP contribution is -2.46. The van der Waals surface area contributed by atoms with E-state index in [0.29, 0.717) is 36.3 Å². The predicted molar refractivity (Wildman–Crippen MR) is 117 cm³/mol. The van der Waals surface area contributed by atoms with Crippen LogP contribution < -0.4 is 15.4 Å². The van der Waals surface area contributed by atoms with Gasteiger partial charge in [0.2, 0.25) is 5.91 Å². The molecule has 1 fully saturated rings. The summed E-state index contributed by atoms with van der Waals surface area (Å²) in [5, 5.41) is 6.64. The number of carbonyl (C=O) groups excluding carboxylic acids is 1. The third-order valence-corrected chi connectivity index (χ3v) is 4.67. The van der Waals surface area contributed by atoms with E-state index in [4.69, 9.17) is 16.3 Å². The number of aliphatic imine (C=N–C) groups is 1. The largest absolute Gasteiger partial charge is 0.490 e. The Morgan fingerprint density at radius 3 is 2.65 bits per heavy atom. The van der Waals surface area contributed by atoms with Gasteiger partial charge < -0.3 is 20.3 Å². The molecule has 2 rings (SSSR count). The number of benzene rings is 1. The molecule has 146 valence electrons. The lowest BCUT2D eigenvalue weighted by atomic mass is 9.93. The molecule has 1 saturated heterocycles. The Hall–Kier alpha value is -1.22. The number of nitrogens with zero attached hydrogens (tertiary/aromatic N) is 2. The van der Waals surface area contributed by atoms with Crippen molar-refractivity contribution >= 4 is 47.4 Å². The topological polar surface area (TPSA) is 66.0 Å². The highest BCUT2D eigenvalue weighted by Crippen LogP contribution is 2.23. The van der Waals surface area contributed by atoms with Gasteiger partial charge in [0, 0.05) is 33.6 Å². The first-order chi connectivity index (χ1) is 12.1. The van der Waals surface area contributed by atoms with E-state index in [1.807, 2.05) is 24.3 Å². The molecule has 0 atom stereocenters. The molecular formula is C18H28ClIN4O2. The zero-order valence-corrected chi connectivity index (χ0v) is 18.4. The number of halogens is 2. The molecule has 2 N–H and O–H groups in total. The van der Waals surface area contributed by atoms with Gasteiger partial charge in [-0.2, -0.15) is 0 Å². The number of piperidine rings is 1. The predicted octanol–water partition coefficient (Wildman–Crippen LogP) is 2.76. The Bertz CT molecular complexity index is 592. The fourth-order valence-corrected chi connectivity index (χ4v) is 3.12. The molecule has 1 aromatic carbocycles. The van der Waals surface area contributed by atoms with Gasteiger partial charge in [0.25, 0.3) is 0 Å². The first-order valence-corrected chi connectivity index (χ1v) is 9.05. The highest BCUT2D eigenvalue weighted by Gasteiger charge is 2.22. The van der Waals surface area contributed by atoms with Gasteiger partial charge in [-0.25, -0.2) is 0 Å². The van der Waals surface area contributed by atoms with Crippen LogP contribution in [0.2, 0.25) is 5.02 Å². The molecular weight excluding hydrogens is 467 g/mol. The molecule has 8 heteroatoms. The maximum atomic E-state index is 11.5. The van der Waals surface area contributed by atoms with Crippen molar-refractivity contribution in [2.75, 3.05) is 40.3 Å². The first kappa shape index (κ1) is 22.8. The van der Waals surface area contributed by atoms with Gasteiger partial charge in [0.05, 0.1) is 11.6 Å². The Labute approximate surface area is 177 Å². The molecule has 0 aliphatic carbocycles. The molecule has 0 radical (unpaired) electrons. The van der Waals surface area contributed by atoms with Crippen LogP contribution in [0.25, 0.3) is 0 Å². The normalized spacial score (nSPS) is 15.2. The van der Waals surface area contributed by atoms with Crippen molar-refractivity contribution in [1.82, 2.24) is 15.5 Å². The molecule has 0 saturated carbocycles. The van der Waals surface area contributed by atoms with E-state index in [0.717, 1.165) is 31.9 Å². The maximum absolute atomic E-state index is 11.5. The van der Waals surface area contributed by atoms with Gasteiger partial charge in [0.15, 0.2) is 5.96 Å². The van der Waals surface area contributed by atoms with Crippen molar-refractivity contribution in [3.05, 3.63) is 29.3 Å². The van der Waals surface area contributed by atoms with Crippen LogP contribution in [-0.2, 0) is 4.79 Å². The number of likely N-dealkylation sites (tertiary alicyclic amines) is 1. The molecule has 0 aromatic heterocycles. The molecule has 1 aromatic rings. The van der Waals surface area contributed by atoms with Crippen LogP contribution in [-0.4, -0.2) is 57.1 Å². The van der Waals surface area contributed by atoms with Crippen molar-refractivity contribution in [3.8, 4) is 5.75 Å². The average Bonchev–Trinajstić information content (AvgIpc) is 2.64. The van der Waals surface area contributed by atoms with Crippen molar-refractivity contribution in [2.45, 2.75) is 19.3 Å². The van der Waals surface area contributed by atoms with Crippen molar-refractivity contribution in [1.29, 1.82) is 0 Å². The minimum absolute atomic E-state index is 0. The number of hydrogen-bond donors (Lipinski definition) is 2. The SMILES string of the molecule is CN=C(NCCOc1ccccc1Cl)N1CCC(CC(=O)NC)CC1.I. The number of amides is 1. The molecule has 1 amide bonds. The lowest BCUT2D eigenvalue weighted by molar-refractivity contribution is -0.121. The molecule has 6 nitrogen and oxygen atoms in total. The van der Waals surface area contributed by atoms with E-state index in [1.165, 1.54) is 0 Å². The van der Waals surface area contributed by atoms with Gasteiger partial charge in [-0.1, -0.05) is 23.7 Å². The van der Waals surface area contributed by atoms with E-state index >= 15 is 0 Å². The average molecular weight is 495 g/mol. The van der Waals surface area contributed by atoms with E-state index < -0.39 is 0 Å². The van der Waals surface area contributed by atoms with Crippen LogP contribution in [0.15, 0.2) is 29.3 Å². The lowest BCUT2D eigenvalue weighted by Gasteiger charge is -2.34. The summed E-state index contributed by atoms with van der Waals surface area (Å²) in [5.41, 5.74) is 0. The Morgan fingerprint density at radius 2 is 2.04 bits per heavy atom. The summed E-state index contributed by atoms with van der Waals surface area (Å²) in [6, 6.07) is 7.44. The number of rotatable bonds is 6. The smallest absolute Gasteiger partial charge is 0.220 e. The van der Waals surface area contributed by atoms with Gasteiger partial charge in [0.1, 0.15) is 12.4 Å². The Kier molecular flexibility index (Phi) is 10.7. The molecule has 1 aliphatic heterocycles. The van der Waals surface area contributed by atoms with Crippen LogP contribution in [0.5, 0.6) is 5.75 Å². The summed E-state index contributed by atoms with van der Waals surface area (Å²) in [6.45, 7) is 2.98. The van der Waals surface area contributed by atoms with Gasteiger partial charge >= 0.3 is 0 Å². The van der Waals surface area contributed by atoms with E-state index in [2.05, 4.69) is 20.5 Å². The Morgan fingerprint density at radius 1 is 1.35 bits per heavy atom. The second-order valence-electron chi connectivity index (χ2n) is 6.06. The summed E-state index contributed by atoms with van der Waals surface area (Å²) < 4.78 is 5.68. The fourth-order valence-electron chi connectivity index (χ4n) is 2.93. The standard InChI is InChI=1S/C18H27ClN4O2.HI/c1-20-17(24)13-14-7-10-23(11-8-14)18(21-2)22-9-12-25-16-6-4-3-5-15(16)19;/h3-6,14H,7-13H2,1-2H3,(H,20,24)(H,21,22);1H. The van der Waals surface area contributed by atoms with Gasteiger partial charge in [-0.3, -0.25) is 9.79 Å². The summed E-state index contributed by atoms with van der Waals surface area (Å²) in [4.78, 5) is 18.1. The summed E-state index contributed by atoms with van der Waals surface area (Å²) in [5.74, 6) is 2.15. The van der Waals surface area contributed by atoms with Gasteiger partial charge in [-0.05, 0) is 30.9 Å². The van der Waals surface area contributed by atoms with Crippen LogP contribution in [0.1, 0.15) is 19.3 Å². The van der Waals surface area contributed by atoms with Crippen LogP contribution in [0, 0.1) is 5.92 Å². The van der Waals surface area contributed by atoms with E-state index in [-0.39, 0.29) is 29.9 Å². The molecule has 0 unspecified atom stereocenters. The summed E-state index contributed by atoms with van der Waals surface area (Å²) in [7, 11) is 3.47.